The van der Waals surface area contributed by atoms with Gasteiger partial charge in [-0.25, -0.2) is 4.98 Å². The molecular formula is C30H25NO3S. The summed E-state index contributed by atoms with van der Waals surface area (Å²) in [5.74, 6) is -0.150. The van der Waals surface area contributed by atoms with Gasteiger partial charge in [0.1, 0.15) is 12.4 Å². The van der Waals surface area contributed by atoms with Crippen LogP contribution in [0.4, 0.5) is 0 Å². The number of rotatable bonds is 7. The number of pyridine rings is 1. The summed E-state index contributed by atoms with van der Waals surface area (Å²) in [6, 6.07) is 26.3. The third-order valence-corrected chi connectivity index (χ3v) is 7.00. The lowest BCUT2D eigenvalue weighted by molar-refractivity contribution is -0.135. The first kappa shape index (κ1) is 22.9. The second kappa shape index (κ2) is 9.80. The normalized spacial score (nSPS) is 13.9. The maximum atomic E-state index is 11.7. The number of hydrogen-bond acceptors (Lipinski definition) is 4. The maximum Gasteiger partial charge on any atom is 0.307 e. The number of thioether (sulfide) groups is 1. The van der Waals surface area contributed by atoms with Crippen molar-refractivity contribution in [2.24, 2.45) is 0 Å². The third-order valence-electron chi connectivity index (χ3n) is 6.26. The quantitative estimate of drug-likeness (QED) is 0.281. The fraction of sp³-hybridized carbons (Fsp3) is 0.133. The van der Waals surface area contributed by atoms with Crippen LogP contribution in [0.25, 0.3) is 28.1 Å². The molecule has 4 aromatic rings. The Balaban J connectivity index is 1.45. The summed E-state index contributed by atoms with van der Waals surface area (Å²) in [6.07, 6.45) is 4.16. The largest absolute Gasteiger partial charge is 0.487 e. The Bertz CT molecular complexity index is 1490. The molecule has 3 aromatic carbocycles. The van der Waals surface area contributed by atoms with Crippen LogP contribution in [0.3, 0.4) is 0 Å². The number of carboxylic acid groups (broad SMARTS) is 1. The minimum atomic E-state index is -0.845. The number of allylic oxidation sites excluding steroid dienone is 2. The second-order valence-electron chi connectivity index (χ2n) is 8.50. The molecule has 1 aliphatic carbocycles. The number of ether oxygens (including phenoxy) is 1. The van der Waals surface area contributed by atoms with Gasteiger partial charge >= 0.3 is 5.97 Å². The second-order valence-corrected chi connectivity index (χ2v) is 9.38. The van der Waals surface area contributed by atoms with E-state index in [4.69, 9.17) is 4.74 Å². The van der Waals surface area contributed by atoms with Crippen LogP contribution >= 0.6 is 11.8 Å². The molecular weight excluding hydrogens is 454 g/mol. The van der Waals surface area contributed by atoms with E-state index in [0.717, 1.165) is 50.0 Å². The van der Waals surface area contributed by atoms with Gasteiger partial charge in [-0.2, -0.15) is 0 Å². The van der Waals surface area contributed by atoms with Gasteiger partial charge in [0.05, 0.1) is 17.6 Å². The molecule has 5 rings (SSSR count). The fourth-order valence-electron chi connectivity index (χ4n) is 4.44. The minimum absolute atomic E-state index is 0.0305. The van der Waals surface area contributed by atoms with Gasteiger partial charge in [-0.05, 0) is 89.1 Å². The number of fused-ring (bicyclic) bond motifs is 2. The van der Waals surface area contributed by atoms with Crippen molar-refractivity contribution in [3.05, 3.63) is 107 Å². The highest BCUT2D eigenvalue weighted by Gasteiger charge is 2.25. The Kier molecular flexibility index (Phi) is 6.43. The topological polar surface area (TPSA) is 59.4 Å². The lowest BCUT2D eigenvalue weighted by Crippen LogP contribution is -2.00. The zero-order valence-electron chi connectivity index (χ0n) is 19.6. The van der Waals surface area contributed by atoms with E-state index in [2.05, 4.69) is 41.6 Å². The molecule has 0 spiro atoms. The Morgan fingerprint density at radius 2 is 1.80 bits per heavy atom. The van der Waals surface area contributed by atoms with Crippen LogP contribution in [-0.2, 0) is 11.4 Å². The summed E-state index contributed by atoms with van der Waals surface area (Å²) in [6.45, 7) is 2.34. The molecule has 0 saturated carbocycles. The molecule has 0 unspecified atom stereocenters. The van der Waals surface area contributed by atoms with Crippen LogP contribution in [-0.4, -0.2) is 22.3 Å². The molecule has 5 heteroatoms. The maximum absolute atomic E-state index is 11.7. The Morgan fingerprint density at radius 1 is 1.00 bits per heavy atom. The fourth-order valence-corrected chi connectivity index (χ4v) is 4.85. The number of carbonyl (C=O) groups is 1. The first-order valence-electron chi connectivity index (χ1n) is 11.4. The lowest BCUT2D eigenvalue weighted by Gasteiger charge is -2.10. The molecule has 35 heavy (non-hydrogen) atoms. The van der Waals surface area contributed by atoms with Crippen LogP contribution in [0.15, 0.2) is 89.3 Å². The van der Waals surface area contributed by atoms with Crippen molar-refractivity contribution in [1.29, 1.82) is 0 Å². The van der Waals surface area contributed by atoms with Gasteiger partial charge in [0.2, 0.25) is 0 Å². The predicted molar refractivity (Wildman–Crippen MR) is 143 cm³/mol. The number of aromatic nitrogens is 1. The molecule has 1 heterocycles. The van der Waals surface area contributed by atoms with Crippen molar-refractivity contribution in [3.8, 4) is 5.75 Å². The van der Waals surface area contributed by atoms with E-state index in [1.54, 1.807) is 11.8 Å². The Morgan fingerprint density at radius 3 is 2.57 bits per heavy atom. The smallest absolute Gasteiger partial charge is 0.307 e. The van der Waals surface area contributed by atoms with Crippen molar-refractivity contribution in [3.63, 3.8) is 0 Å². The van der Waals surface area contributed by atoms with Crippen LogP contribution in [0.1, 0.15) is 35.7 Å². The molecule has 0 radical (unpaired) electrons. The molecule has 0 aliphatic heterocycles. The molecule has 0 amide bonds. The monoisotopic (exact) mass is 479 g/mol. The predicted octanol–water partition coefficient (Wildman–Crippen LogP) is 7.34. The first-order chi connectivity index (χ1) is 17.0. The average molecular weight is 480 g/mol. The van der Waals surface area contributed by atoms with E-state index < -0.39 is 5.97 Å². The summed E-state index contributed by atoms with van der Waals surface area (Å²) in [5, 5.41) is 10.7. The standard InChI is InChI=1S/C30H25NO3S/c1-19-26(15-20-7-12-24(35-2)13-8-20)25-14-11-23(16-28(25)27(19)17-30(32)33)34-18-22-10-9-21-5-3-4-6-29(21)31-22/h3-16H,17-18H2,1-2H3,(H,32,33)/b26-15-. The molecule has 1 aromatic heterocycles. The van der Waals surface area contributed by atoms with Gasteiger partial charge in [-0.15, -0.1) is 11.8 Å². The Labute approximate surface area is 209 Å². The molecule has 1 N–H and O–H groups in total. The van der Waals surface area contributed by atoms with Crippen LogP contribution < -0.4 is 4.74 Å². The highest BCUT2D eigenvalue weighted by Crippen LogP contribution is 2.45. The summed E-state index contributed by atoms with van der Waals surface area (Å²) in [5.41, 5.74) is 7.68. The summed E-state index contributed by atoms with van der Waals surface area (Å²) < 4.78 is 6.08. The molecule has 0 fully saturated rings. The van der Waals surface area contributed by atoms with E-state index in [1.807, 2.05) is 61.5 Å². The van der Waals surface area contributed by atoms with E-state index in [0.29, 0.717) is 12.4 Å². The summed E-state index contributed by atoms with van der Waals surface area (Å²) >= 11 is 1.71. The van der Waals surface area contributed by atoms with Crippen LogP contribution in [0, 0.1) is 0 Å². The number of nitrogens with zero attached hydrogens (tertiary/aromatic N) is 1. The van der Waals surface area contributed by atoms with E-state index in [-0.39, 0.29) is 6.42 Å². The van der Waals surface area contributed by atoms with E-state index in [9.17, 15) is 9.90 Å². The lowest BCUT2D eigenvalue weighted by atomic mass is 10.0. The van der Waals surface area contributed by atoms with Crippen molar-refractivity contribution >= 4 is 45.9 Å². The van der Waals surface area contributed by atoms with Gasteiger partial charge in [-0.3, -0.25) is 4.79 Å². The number of para-hydroxylation sites is 1. The zero-order chi connectivity index (χ0) is 24.4. The number of benzene rings is 3. The van der Waals surface area contributed by atoms with Gasteiger partial charge in [0.15, 0.2) is 0 Å². The van der Waals surface area contributed by atoms with Gasteiger partial charge in [0, 0.05) is 10.3 Å². The van der Waals surface area contributed by atoms with Crippen LogP contribution in [0.5, 0.6) is 5.75 Å². The highest BCUT2D eigenvalue weighted by atomic mass is 32.2. The van der Waals surface area contributed by atoms with Gasteiger partial charge in [0.25, 0.3) is 0 Å². The molecule has 4 nitrogen and oxygen atoms in total. The van der Waals surface area contributed by atoms with Gasteiger partial charge < -0.3 is 9.84 Å². The third kappa shape index (κ3) is 4.86. The molecule has 0 bridgehead atoms. The van der Waals surface area contributed by atoms with E-state index in [1.165, 1.54) is 4.90 Å². The average Bonchev–Trinajstić information content (AvgIpc) is 3.12. The number of carboxylic acids is 1. The summed E-state index contributed by atoms with van der Waals surface area (Å²) in [4.78, 5) is 17.5. The molecule has 0 saturated heterocycles. The van der Waals surface area contributed by atoms with Crippen molar-refractivity contribution in [2.45, 2.75) is 24.8 Å². The van der Waals surface area contributed by atoms with Crippen molar-refractivity contribution < 1.29 is 14.6 Å². The van der Waals surface area contributed by atoms with Crippen molar-refractivity contribution in [2.75, 3.05) is 6.26 Å². The molecule has 174 valence electrons. The summed E-state index contributed by atoms with van der Waals surface area (Å²) in [7, 11) is 0. The highest BCUT2D eigenvalue weighted by molar-refractivity contribution is 7.98. The zero-order valence-corrected chi connectivity index (χ0v) is 20.4. The SMILES string of the molecule is CSc1ccc(/C=C2/C(C)=C(CC(=O)O)c3cc(OCc4ccc5ccccc5n4)ccc32)cc1. The van der Waals surface area contributed by atoms with Crippen LogP contribution in [0.2, 0.25) is 0 Å². The van der Waals surface area contributed by atoms with E-state index >= 15 is 0 Å². The number of aliphatic carboxylic acids is 1. The minimum Gasteiger partial charge on any atom is -0.487 e. The number of hydrogen-bond donors (Lipinski definition) is 1. The van der Waals surface area contributed by atoms with Crippen molar-refractivity contribution in [1.82, 2.24) is 4.98 Å². The molecule has 1 aliphatic rings. The molecule has 0 atom stereocenters. The van der Waals surface area contributed by atoms with Gasteiger partial charge in [-0.1, -0.05) is 42.5 Å². The Hall–Kier alpha value is -3.83. The first-order valence-corrected chi connectivity index (χ1v) is 12.6.